The molecule has 0 spiro atoms. The van der Waals surface area contributed by atoms with E-state index in [2.05, 4.69) is 4.72 Å². The summed E-state index contributed by atoms with van der Waals surface area (Å²) in [6.45, 7) is 5.71. The molecule has 0 saturated heterocycles. The molecule has 5 heteroatoms. The highest BCUT2D eigenvalue weighted by Crippen LogP contribution is 2.17. The molecule has 4 nitrogen and oxygen atoms in total. The third kappa shape index (κ3) is 3.52. The number of aryl methyl sites for hydroxylation is 1. The maximum absolute atomic E-state index is 12.2. The molecule has 0 amide bonds. The summed E-state index contributed by atoms with van der Waals surface area (Å²) in [7, 11) is -3.50. The van der Waals surface area contributed by atoms with Gasteiger partial charge in [0.25, 0.3) is 0 Å². The van der Waals surface area contributed by atoms with Crippen LogP contribution < -0.4 is 10.5 Å². The average molecular weight is 256 g/mol. The maximum atomic E-state index is 12.2. The highest BCUT2D eigenvalue weighted by molar-refractivity contribution is 7.89. The monoisotopic (exact) mass is 256 g/mol. The fraction of sp³-hybridized carbons (Fsp3) is 0.500. The quantitative estimate of drug-likeness (QED) is 0.833. The van der Waals surface area contributed by atoms with Gasteiger partial charge in [-0.1, -0.05) is 25.1 Å². The van der Waals surface area contributed by atoms with Crippen molar-refractivity contribution in [2.45, 2.75) is 37.6 Å². The molecule has 0 saturated carbocycles. The van der Waals surface area contributed by atoms with Crippen molar-refractivity contribution in [2.24, 2.45) is 5.73 Å². The first kappa shape index (κ1) is 14.2. The molecule has 0 unspecified atom stereocenters. The minimum atomic E-state index is -3.50. The van der Waals surface area contributed by atoms with Crippen LogP contribution >= 0.6 is 0 Å². The summed E-state index contributed by atoms with van der Waals surface area (Å²) in [4.78, 5) is 0.337. The third-order valence-corrected chi connectivity index (χ3v) is 4.36. The van der Waals surface area contributed by atoms with E-state index in [1.165, 1.54) is 0 Å². The van der Waals surface area contributed by atoms with Crippen LogP contribution in [-0.2, 0) is 16.4 Å². The van der Waals surface area contributed by atoms with Crippen molar-refractivity contribution in [2.75, 3.05) is 6.54 Å². The van der Waals surface area contributed by atoms with Gasteiger partial charge in [-0.25, -0.2) is 13.1 Å². The van der Waals surface area contributed by atoms with Gasteiger partial charge in [0.2, 0.25) is 10.0 Å². The van der Waals surface area contributed by atoms with Gasteiger partial charge < -0.3 is 5.73 Å². The van der Waals surface area contributed by atoms with Gasteiger partial charge in [0.1, 0.15) is 0 Å². The molecule has 0 aliphatic carbocycles. The second-order valence-corrected chi connectivity index (χ2v) is 6.31. The Labute approximate surface area is 103 Å². The molecule has 0 atom stereocenters. The highest BCUT2D eigenvalue weighted by Gasteiger charge is 2.26. The van der Waals surface area contributed by atoms with E-state index in [9.17, 15) is 8.42 Å². The van der Waals surface area contributed by atoms with Gasteiger partial charge >= 0.3 is 0 Å². The Kier molecular flexibility index (Phi) is 4.30. The molecule has 3 N–H and O–H groups in total. The van der Waals surface area contributed by atoms with Crippen LogP contribution in [0.4, 0.5) is 0 Å². The summed E-state index contributed by atoms with van der Waals surface area (Å²) in [5, 5.41) is 0. The molecular formula is C12H20N2O2S. The van der Waals surface area contributed by atoms with E-state index in [1.54, 1.807) is 26.0 Å². The second-order valence-electron chi connectivity index (χ2n) is 4.65. The molecule has 0 aliphatic rings. The normalized spacial score (nSPS) is 12.7. The van der Waals surface area contributed by atoms with Gasteiger partial charge in [0.15, 0.2) is 0 Å². The van der Waals surface area contributed by atoms with Crippen molar-refractivity contribution in [3.8, 4) is 0 Å². The Morgan fingerprint density at radius 3 is 2.41 bits per heavy atom. The van der Waals surface area contributed by atoms with Crippen LogP contribution in [0.5, 0.6) is 0 Å². The molecule has 96 valence electrons. The lowest BCUT2D eigenvalue weighted by molar-refractivity contribution is 0.462. The van der Waals surface area contributed by atoms with Crippen LogP contribution in [0.1, 0.15) is 26.3 Å². The lowest BCUT2D eigenvalue weighted by atomic mass is 10.1. The fourth-order valence-corrected chi connectivity index (χ4v) is 3.25. The van der Waals surface area contributed by atoms with Gasteiger partial charge in [-0.05, 0) is 31.9 Å². The van der Waals surface area contributed by atoms with Crippen LogP contribution in [0.25, 0.3) is 0 Å². The number of nitrogens with one attached hydrogen (secondary N) is 1. The zero-order valence-electron chi connectivity index (χ0n) is 10.5. The van der Waals surface area contributed by atoms with Crippen molar-refractivity contribution in [3.63, 3.8) is 0 Å². The predicted octanol–water partition coefficient (Wildman–Crippen LogP) is 1.26. The molecule has 1 aromatic rings. The molecule has 1 aromatic carbocycles. The van der Waals surface area contributed by atoms with E-state index in [-0.39, 0.29) is 6.54 Å². The first-order chi connectivity index (χ1) is 7.82. The van der Waals surface area contributed by atoms with Gasteiger partial charge in [0.05, 0.1) is 4.90 Å². The molecule has 0 fully saturated rings. The summed E-state index contributed by atoms with van der Waals surface area (Å²) in [5.74, 6) is 0. The topological polar surface area (TPSA) is 72.2 Å². The van der Waals surface area contributed by atoms with E-state index in [1.807, 2.05) is 19.1 Å². The second kappa shape index (κ2) is 5.16. The number of hydrogen-bond acceptors (Lipinski definition) is 3. The van der Waals surface area contributed by atoms with Crippen LogP contribution in [0.2, 0.25) is 0 Å². The lowest BCUT2D eigenvalue weighted by Gasteiger charge is -2.24. The van der Waals surface area contributed by atoms with Crippen molar-refractivity contribution >= 4 is 10.0 Å². The molecule has 0 radical (unpaired) electrons. The molecule has 17 heavy (non-hydrogen) atoms. The van der Waals surface area contributed by atoms with E-state index in [0.29, 0.717) is 11.3 Å². The van der Waals surface area contributed by atoms with Gasteiger partial charge in [-0.3, -0.25) is 0 Å². The van der Waals surface area contributed by atoms with Crippen molar-refractivity contribution < 1.29 is 8.42 Å². The number of benzene rings is 1. The number of nitrogens with two attached hydrogens (primary N) is 1. The highest BCUT2D eigenvalue weighted by atomic mass is 32.2. The number of sulfonamides is 1. The van der Waals surface area contributed by atoms with E-state index in [4.69, 9.17) is 5.73 Å². The Bertz CT molecular complexity index is 481. The maximum Gasteiger partial charge on any atom is 0.241 e. The van der Waals surface area contributed by atoms with Crippen LogP contribution in [0.3, 0.4) is 0 Å². The van der Waals surface area contributed by atoms with Crippen LogP contribution in [0.15, 0.2) is 29.2 Å². The van der Waals surface area contributed by atoms with Gasteiger partial charge in [0, 0.05) is 12.1 Å². The Hall–Kier alpha value is -0.910. The fourth-order valence-electron chi connectivity index (χ4n) is 1.52. The van der Waals surface area contributed by atoms with E-state index in [0.717, 1.165) is 5.56 Å². The zero-order valence-corrected chi connectivity index (χ0v) is 11.3. The lowest BCUT2D eigenvalue weighted by Crippen LogP contribution is -2.48. The van der Waals surface area contributed by atoms with Crippen molar-refractivity contribution in [1.82, 2.24) is 4.72 Å². The first-order valence-electron chi connectivity index (χ1n) is 5.64. The molecule has 0 bridgehead atoms. The van der Waals surface area contributed by atoms with Crippen molar-refractivity contribution in [1.29, 1.82) is 0 Å². The van der Waals surface area contributed by atoms with Crippen molar-refractivity contribution in [3.05, 3.63) is 29.8 Å². The SMILES string of the molecule is CCc1ccccc1S(=O)(=O)NC(C)(C)CN. The van der Waals surface area contributed by atoms with Crippen LogP contribution in [0, 0.1) is 0 Å². The number of hydrogen-bond donors (Lipinski definition) is 2. The Morgan fingerprint density at radius 2 is 1.88 bits per heavy atom. The van der Waals surface area contributed by atoms with Crippen LogP contribution in [-0.4, -0.2) is 20.5 Å². The summed E-state index contributed by atoms with van der Waals surface area (Å²) < 4.78 is 27.1. The summed E-state index contributed by atoms with van der Waals surface area (Å²) in [6, 6.07) is 7.01. The Morgan fingerprint density at radius 1 is 1.29 bits per heavy atom. The molecule has 0 heterocycles. The first-order valence-corrected chi connectivity index (χ1v) is 7.12. The largest absolute Gasteiger partial charge is 0.329 e. The molecule has 1 rings (SSSR count). The average Bonchev–Trinajstić information content (AvgIpc) is 2.28. The zero-order chi connectivity index (χ0) is 13.1. The van der Waals surface area contributed by atoms with Gasteiger partial charge in [-0.15, -0.1) is 0 Å². The molecular weight excluding hydrogens is 236 g/mol. The predicted molar refractivity (Wildman–Crippen MR) is 69.3 cm³/mol. The smallest absolute Gasteiger partial charge is 0.241 e. The molecule has 0 aliphatic heterocycles. The number of rotatable bonds is 5. The summed E-state index contributed by atoms with van der Waals surface area (Å²) in [5.41, 5.74) is 5.71. The van der Waals surface area contributed by atoms with Gasteiger partial charge in [-0.2, -0.15) is 0 Å². The Balaban J connectivity index is 3.14. The summed E-state index contributed by atoms with van der Waals surface area (Å²) in [6.07, 6.45) is 0.681. The minimum absolute atomic E-state index is 0.251. The standard InChI is InChI=1S/C12H20N2O2S/c1-4-10-7-5-6-8-11(10)17(15,16)14-12(2,3)9-13/h5-8,14H,4,9,13H2,1-3H3. The third-order valence-electron chi connectivity index (χ3n) is 2.56. The summed E-state index contributed by atoms with van der Waals surface area (Å²) >= 11 is 0. The minimum Gasteiger partial charge on any atom is -0.329 e. The molecule has 0 aromatic heterocycles. The van der Waals surface area contributed by atoms with E-state index >= 15 is 0 Å². The van der Waals surface area contributed by atoms with E-state index < -0.39 is 15.6 Å².